The number of methoxy groups -OCH3 is 1. The number of para-hydroxylation sites is 1. The second-order valence-electron chi connectivity index (χ2n) is 20.1. The average molecular weight is 1040 g/mol. The SMILES string of the molecule is CCc1cc(Nc2ncc(Br)c(Nc3cnc4ccccc4c3P(C)(C)=O)n2)c(OC)cc1N1CCC(N2CCN(C(=O)C3CN(c4ccc5c(c4)C(=O)N(C4CCC(=O)NC4=O)C54CC4)C3)CC2)CC1. The van der Waals surface area contributed by atoms with Gasteiger partial charge in [0, 0.05) is 105 Å². The van der Waals surface area contributed by atoms with E-state index in [1.165, 1.54) is 5.56 Å². The summed E-state index contributed by atoms with van der Waals surface area (Å²) in [6, 6.07) is 17.8. The molecule has 5 aromatic rings. The van der Waals surface area contributed by atoms with Crippen LogP contribution in [0.4, 0.5) is 34.5 Å². The van der Waals surface area contributed by atoms with Crippen molar-refractivity contribution < 1.29 is 28.5 Å². The number of rotatable bonds is 12. The lowest BCUT2D eigenvalue weighted by Crippen LogP contribution is -2.59. The molecule has 3 aromatic carbocycles. The number of piperazine rings is 1. The van der Waals surface area contributed by atoms with Crippen LogP contribution in [0.5, 0.6) is 5.75 Å². The first-order valence-electron chi connectivity index (χ1n) is 24.8. The number of anilines is 6. The number of amides is 4. The third-order valence-electron chi connectivity index (χ3n) is 15.5. The molecule has 2 aromatic heterocycles. The summed E-state index contributed by atoms with van der Waals surface area (Å²) < 4.78 is 20.2. The summed E-state index contributed by atoms with van der Waals surface area (Å²) in [5.41, 5.74) is 6.57. The Morgan fingerprint density at radius 2 is 1.66 bits per heavy atom. The number of hydrogen-bond donors (Lipinski definition) is 3. The van der Waals surface area contributed by atoms with Crippen LogP contribution in [0.25, 0.3) is 10.9 Å². The number of carbonyl (C=O) groups excluding carboxylic acids is 4. The number of nitrogens with one attached hydrogen (secondary N) is 3. The minimum Gasteiger partial charge on any atom is -0.494 e. The van der Waals surface area contributed by atoms with Gasteiger partial charge in [-0.1, -0.05) is 31.2 Å². The van der Waals surface area contributed by atoms with E-state index >= 15 is 0 Å². The van der Waals surface area contributed by atoms with E-state index in [1.54, 1.807) is 37.7 Å². The van der Waals surface area contributed by atoms with Crippen LogP contribution in [0.2, 0.25) is 0 Å². The largest absolute Gasteiger partial charge is 0.494 e. The van der Waals surface area contributed by atoms with Crippen LogP contribution in [0.3, 0.4) is 0 Å². The number of aryl methyl sites for hydroxylation is 1. The Balaban J connectivity index is 0.681. The zero-order chi connectivity index (χ0) is 49.3. The molecule has 11 rings (SSSR count). The van der Waals surface area contributed by atoms with Crippen molar-refractivity contribution in [2.75, 3.05) is 93.2 Å². The monoisotopic (exact) mass is 1040 g/mol. The molecule has 1 aliphatic carbocycles. The molecule has 0 bridgehead atoms. The fourth-order valence-electron chi connectivity index (χ4n) is 11.7. The van der Waals surface area contributed by atoms with Gasteiger partial charge in [-0.05, 0) is 103 Å². The first-order chi connectivity index (χ1) is 34.2. The number of benzene rings is 3. The molecule has 17 nitrogen and oxygen atoms in total. The molecule has 5 aliphatic heterocycles. The van der Waals surface area contributed by atoms with Gasteiger partial charge in [-0.25, -0.2) is 4.98 Å². The fraction of sp³-hybridized carbons (Fsp3) is 0.442. The molecule has 4 amide bonds. The van der Waals surface area contributed by atoms with Crippen LogP contribution in [0.1, 0.15) is 66.9 Å². The molecule has 3 N–H and O–H groups in total. The maximum atomic E-state index is 13.8. The van der Waals surface area contributed by atoms with Gasteiger partial charge in [0.1, 0.15) is 24.8 Å². The Bertz CT molecular complexity index is 3030. The van der Waals surface area contributed by atoms with Gasteiger partial charge in [0.25, 0.3) is 5.91 Å². The zero-order valence-corrected chi connectivity index (χ0v) is 43.0. The minimum atomic E-state index is -2.73. The molecule has 6 aliphatic rings. The second-order valence-corrected chi connectivity index (χ2v) is 24.2. The third kappa shape index (κ3) is 8.69. The highest BCUT2D eigenvalue weighted by Gasteiger charge is 2.61. The quantitative estimate of drug-likeness (QED) is 0.0898. The number of fused-ring (bicyclic) bond motifs is 3. The molecule has 1 atom stereocenters. The molecule has 370 valence electrons. The van der Waals surface area contributed by atoms with Gasteiger partial charge >= 0.3 is 0 Å². The van der Waals surface area contributed by atoms with Gasteiger partial charge in [0.15, 0.2) is 0 Å². The number of piperidine rings is 2. The number of imide groups is 1. The highest BCUT2D eigenvalue weighted by Crippen LogP contribution is 2.58. The standard InChI is InChI=1S/C52H59BrN11O6P/c1-5-31-24-40(57-51-55-27-38(53)47(59-51)56-41-28-54-39-9-7-6-8-35(39)46(41)71(3,4)69)44(70-2)26-43(31)61-18-14-33(15-19-61)60-20-22-62(23-21-60)49(67)32-29-63(30-32)34-10-11-37-36(25-34)50(68)64(52(37)16-17-52)42-12-13-45(65)58-48(42)66/h6-11,24-28,32-33,42H,5,12-23,29-30H2,1-4H3,(H,58,65,66)(H2,55,56,57,59). The van der Waals surface area contributed by atoms with E-state index in [1.807, 2.05) is 47.4 Å². The summed E-state index contributed by atoms with van der Waals surface area (Å²) in [4.78, 5) is 77.2. The first kappa shape index (κ1) is 47.2. The molecule has 5 fully saturated rings. The number of nitrogens with zero attached hydrogens (tertiary/aromatic N) is 8. The predicted molar refractivity (Wildman–Crippen MR) is 278 cm³/mol. The van der Waals surface area contributed by atoms with Crippen LogP contribution in [0, 0.1) is 5.92 Å². The van der Waals surface area contributed by atoms with Crippen LogP contribution < -0.4 is 35.8 Å². The van der Waals surface area contributed by atoms with Crippen molar-refractivity contribution in [3.05, 3.63) is 88.2 Å². The Labute approximate surface area is 421 Å². The van der Waals surface area contributed by atoms with Crippen molar-refractivity contribution in [2.45, 2.75) is 69.5 Å². The molecule has 1 saturated carbocycles. The predicted octanol–water partition coefficient (Wildman–Crippen LogP) is 6.59. The molecule has 19 heteroatoms. The summed E-state index contributed by atoms with van der Waals surface area (Å²) >= 11 is 3.61. The van der Waals surface area contributed by atoms with Crippen LogP contribution in [-0.4, -0.2) is 138 Å². The van der Waals surface area contributed by atoms with Gasteiger partial charge in [-0.15, -0.1) is 0 Å². The molecule has 71 heavy (non-hydrogen) atoms. The summed E-state index contributed by atoms with van der Waals surface area (Å²) in [5.74, 6) is 0.857. The molecule has 1 spiro atoms. The van der Waals surface area contributed by atoms with E-state index in [4.69, 9.17) is 9.72 Å². The first-order valence-corrected chi connectivity index (χ1v) is 28.2. The summed E-state index contributed by atoms with van der Waals surface area (Å²) in [5, 5.41) is 10.8. The number of carbonyl (C=O) groups is 4. The number of aromatic nitrogens is 3. The Morgan fingerprint density at radius 3 is 2.37 bits per heavy atom. The molecule has 7 heterocycles. The van der Waals surface area contributed by atoms with Gasteiger partial charge in [-0.3, -0.25) is 34.4 Å². The smallest absolute Gasteiger partial charge is 0.255 e. The van der Waals surface area contributed by atoms with E-state index < -0.39 is 18.7 Å². The highest BCUT2D eigenvalue weighted by atomic mass is 79.9. The Kier molecular flexibility index (Phi) is 12.3. The summed E-state index contributed by atoms with van der Waals surface area (Å²) in [6.45, 7) is 11.9. The van der Waals surface area contributed by atoms with Crippen LogP contribution in [0.15, 0.2) is 71.5 Å². The van der Waals surface area contributed by atoms with Crippen molar-refractivity contribution >= 4 is 97.4 Å². The van der Waals surface area contributed by atoms with E-state index in [0.717, 1.165) is 91.8 Å². The van der Waals surface area contributed by atoms with E-state index in [0.29, 0.717) is 77.2 Å². The van der Waals surface area contributed by atoms with Crippen molar-refractivity contribution in [3.63, 3.8) is 0 Å². The number of ether oxygens (including phenoxy) is 1. The van der Waals surface area contributed by atoms with E-state index in [9.17, 15) is 23.7 Å². The van der Waals surface area contributed by atoms with Gasteiger partial charge < -0.3 is 39.5 Å². The Morgan fingerprint density at radius 1 is 0.901 bits per heavy atom. The van der Waals surface area contributed by atoms with Gasteiger partial charge in [0.05, 0.1) is 46.1 Å². The highest BCUT2D eigenvalue weighted by molar-refractivity contribution is 9.10. The van der Waals surface area contributed by atoms with Crippen molar-refractivity contribution in [2.24, 2.45) is 5.92 Å². The van der Waals surface area contributed by atoms with Crippen LogP contribution in [-0.2, 0) is 30.9 Å². The lowest BCUT2D eigenvalue weighted by atomic mass is 9.95. The van der Waals surface area contributed by atoms with Crippen molar-refractivity contribution in [1.82, 2.24) is 35.0 Å². The molecule has 0 radical (unpaired) electrons. The van der Waals surface area contributed by atoms with Crippen molar-refractivity contribution in [1.29, 1.82) is 0 Å². The van der Waals surface area contributed by atoms with E-state index in [-0.39, 0.29) is 36.0 Å². The Hall–Kier alpha value is -6.10. The third-order valence-corrected chi connectivity index (χ3v) is 17.7. The average Bonchev–Trinajstić information content (AvgIpc) is 4.12. The zero-order valence-electron chi connectivity index (χ0n) is 40.5. The van der Waals surface area contributed by atoms with Gasteiger partial charge in [-0.2, -0.15) is 4.98 Å². The molecular weight excluding hydrogens is 986 g/mol. The van der Waals surface area contributed by atoms with Crippen molar-refractivity contribution in [3.8, 4) is 5.75 Å². The lowest BCUT2D eigenvalue weighted by Gasteiger charge is -2.46. The molecule has 1 unspecified atom stereocenters. The fourth-order valence-corrected chi connectivity index (χ4v) is 13.4. The van der Waals surface area contributed by atoms with Gasteiger partial charge in [0.2, 0.25) is 23.7 Å². The summed E-state index contributed by atoms with van der Waals surface area (Å²) in [6.07, 6.45) is 8.46. The topological polar surface area (TPSA) is 186 Å². The number of hydrogen-bond acceptors (Lipinski definition) is 14. The number of pyridine rings is 1. The molecular formula is C52H59BrN11O6P. The number of halogens is 1. The minimum absolute atomic E-state index is 0.0850. The molecule has 4 saturated heterocycles. The maximum absolute atomic E-state index is 13.8. The van der Waals surface area contributed by atoms with Crippen LogP contribution >= 0.6 is 23.1 Å². The maximum Gasteiger partial charge on any atom is 0.255 e. The summed E-state index contributed by atoms with van der Waals surface area (Å²) in [7, 11) is -1.05. The normalized spacial score (nSPS) is 20.6. The van der Waals surface area contributed by atoms with E-state index in [2.05, 4.69) is 75.6 Å². The second kappa shape index (κ2) is 18.5. The lowest BCUT2D eigenvalue weighted by molar-refractivity contribution is -0.139.